The van der Waals surface area contributed by atoms with E-state index in [1.165, 1.54) is 36.4 Å². The molecule has 3 N–H and O–H groups in total. The number of nitrogens with two attached hydrogens (primary N) is 1. The molecule has 3 heterocycles. The molecule has 0 amide bonds. The van der Waals surface area contributed by atoms with E-state index >= 15 is 0 Å². The molecule has 0 fully saturated rings. The van der Waals surface area contributed by atoms with Crippen LogP contribution in [0.25, 0.3) is 11.0 Å². The van der Waals surface area contributed by atoms with Crippen LogP contribution in [0.5, 0.6) is 0 Å². The number of nitrogens with zero attached hydrogens (tertiary/aromatic N) is 5. The maximum Gasteiger partial charge on any atom is 0.165 e. The van der Waals surface area contributed by atoms with Crippen molar-refractivity contribution < 1.29 is 13.2 Å². The number of halogens is 3. The average Bonchev–Trinajstić information content (AvgIpc) is 3.55. The summed E-state index contributed by atoms with van der Waals surface area (Å²) in [5.74, 6) is -2.15. The van der Waals surface area contributed by atoms with Gasteiger partial charge in [0.15, 0.2) is 22.6 Å². The van der Waals surface area contributed by atoms with Crippen molar-refractivity contribution in [2.24, 2.45) is 10.7 Å². The highest BCUT2D eigenvalue weighted by molar-refractivity contribution is 8.14. The number of thioether (sulfide) groups is 1. The van der Waals surface area contributed by atoms with Crippen LogP contribution in [0, 0.1) is 23.0 Å². The molecule has 0 saturated heterocycles. The van der Waals surface area contributed by atoms with Crippen molar-refractivity contribution in [3.05, 3.63) is 65.1 Å². The standard InChI is InChI=1S/C20H12F3N7S/c21-7-20(11-4-15(11)31-19(25)30-20)12-2-10(3-13(22)16(12)23)29-18-17-14(27-8-28-18)1-9(5-24)6-26-17/h1-4,6,8,15H,7H2,(H2,25,30)(H,27,28,29)/t15-,20+/m1/s1. The monoisotopic (exact) mass is 439 g/mol. The van der Waals surface area contributed by atoms with Gasteiger partial charge in [-0.15, -0.1) is 0 Å². The summed E-state index contributed by atoms with van der Waals surface area (Å²) in [6.07, 6.45) is 4.34. The van der Waals surface area contributed by atoms with Gasteiger partial charge < -0.3 is 11.1 Å². The summed E-state index contributed by atoms with van der Waals surface area (Å²) in [5.41, 5.74) is 5.57. The first-order valence-corrected chi connectivity index (χ1v) is 9.90. The molecule has 1 aliphatic heterocycles. The van der Waals surface area contributed by atoms with Gasteiger partial charge >= 0.3 is 0 Å². The molecule has 3 aromatic rings. The fraction of sp³-hybridized carbons (Fsp3) is 0.150. The molecule has 0 bridgehead atoms. The summed E-state index contributed by atoms with van der Waals surface area (Å²) in [6, 6.07) is 5.72. The molecular weight excluding hydrogens is 427 g/mol. The minimum absolute atomic E-state index is 0.109. The normalized spacial score (nSPS) is 21.7. The number of hydrogen-bond acceptors (Lipinski definition) is 8. The van der Waals surface area contributed by atoms with Gasteiger partial charge in [-0.2, -0.15) is 5.26 Å². The molecule has 154 valence electrons. The number of benzene rings is 1. The maximum absolute atomic E-state index is 14.8. The van der Waals surface area contributed by atoms with E-state index in [1.807, 2.05) is 6.07 Å². The lowest BCUT2D eigenvalue weighted by molar-refractivity contribution is 0.346. The van der Waals surface area contributed by atoms with E-state index in [4.69, 9.17) is 11.0 Å². The van der Waals surface area contributed by atoms with Gasteiger partial charge in [-0.25, -0.2) is 33.1 Å². The first kappa shape index (κ1) is 19.3. The molecular formula is C20H12F3N7S. The van der Waals surface area contributed by atoms with E-state index in [0.717, 1.165) is 6.07 Å². The Morgan fingerprint density at radius 3 is 2.84 bits per heavy atom. The van der Waals surface area contributed by atoms with Crippen molar-refractivity contribution in [2.75, 3.05) is 12.0 Å². The second kappa shape index (κ2) is 6.95. The molecule has 5 rings (SSSR count). The van der Waals surface area contributed by atoms with E-state index in [0.29, 0.717) is 22.2 Å². The molecule has 0 spiro atoms. The van der Waals surface area contributed by atoms with Crippen LogP contribution >= 0.6 is 11.8 Å². The average molecular weight is 439 g/mol. The van der Waals surface area contributed by atoms with Crippen molar-refractivity contribution in [3.63, 3.8) is 0 Å². The minimum atomic E-state index is -1.70. The number of fused-ring (bicyclic) bond motifs is 2. The SMILES string of the molecule is N#Cc1cnc2c(Nc3cc(F)c(F)c([C@@]4(CF)N=C(N)S[C@@H]5C=C54)c3)ncnc2c1. The number of amidine groups is 1. The smallest absolute Gasteiger partial charge is 0.165 e. The lowest BCUT2D eigenvalue weighted by Gasteiger charge is -2.30. The predicted octanol–water partition coefficient (Wildman–Crippen LogP) is 3.45. The third kappa shape index (κ3) is 3.07. The van der Waals surface area contributed by atoms with Crippen molar-refractivity contribution in [1.82, 2.24) is 15.0 Å². The number of rotatable bonds is 4. The largest absolute Gasteiger partial charge is 0.378 e. The summed E-state index contributed by atoms with van der Waals surface area (Å²) in [4.78, 5) is 16.5. The third-order valence-corrected chi connectivity index (χ3v) is 6.07. The molecule has 2 aliphatic rings. The quantitative estimate of drug-likeness (QED) is 0.599. The molecule has 1 aliphatic carbocycles. The van der Waals surface area contributed by atoms with Crippen molar-refractivity contribution in [3.8, 4) is 6.07 Å². The molecule has 31 heavy (non-hydrogen) atoms. The summed E-state index contributed by atoms with van der Waals surface area (Å²) in [7, 11) is 0. The molecule has 0 radical (unpaired) electrons. The number of alkyl halides is 1. The van der Waals surface area contributed by atoms with Crippen LogP contribution in [0.2, 0.25) is 0 Å². The number of aromatic nitrogens is 3. The third-order valence-electron chi connectivity index (χ3n) is 5.09. The fourth-order valence-corrected chi connectivity index (χ4v) is 4.59. The van der Waals surface area contributed by atoms with Gasteiger partial charge in [-0.05, 0) is 17.7 Å². The topological polar surface area (TPSA) is 113 Å². The number of pyridine rings is 1. The second-order valence-electron chi connectivity index (χ2n) is 6.97. The van der Waals surface area contributed by atoms with Crippen LogP contribution in [0.4, 0.5) is 24.7 Å². The Kier molecular flexibility index (Phi) is 4.33. The Morgan fingerprint density at radius 1 is 1.23 bits per heavy atom. The van der Waals surface area contributed by atoms with Crippen molar-refractivity contribution >= 4 is 39.5 Å². The van der Waals surface area contributed by atoms with Gasteiger partial charge in [-0.3, -0.25) is 0 Å². The molecule has 2 aromatic heterocycles. The Labute approximate surface area is 177 Å². The Morgan fingerprint density at radius 2 is 2.06 bits per heavy atom. The Hall–Kier alpha value is -3.65. The molecule has 7 nitrogen and oxygen atoms in total. The van der Waals surface area contributed by atoms with Crippen LogP contribution in [0.1, 0.15) is 11.1 Å². The van der Waals surface area contributed by atoms with E-state index in [9.17, 15) is 13.2 Å². The minimum Gasteiger partial charge on any atom is -0.378 e. The van der Waals surface area contributed by atoms with Crippen molar-refractivity contribution in [1.29, 1.82) is 5.26 Å². The highest BCUT2D eigenvalue weighted by atomic mass is 32.2. The first-order chi connectivity index (χ1) is 14.9. The van der Waals surface area contributed by atoms with E-state index in [1.54, 1.807) is 6.08 Å². The number of aliphatic imine (C=N–C) groups is 1. The van der Waals surface area contributed by atoms with Crippen LogP contribution in [0.3, 0.4) is 0 Å². The summed E-state index contributed by atoms with van der Waals surface area (Å²) in [6.45, 7) is -1.06. The maximum atomic E-state index is 14.8. The van der Waals surface area contributed by atoms with Crippen LogP contribution in [-0.4, -0.2) is 32.0 Å². The number of nitrogens with one attached hydrogen (secondary N) is 1. The van der Waals surface area contributed by atoms with Gasteiger partial charge in [0.25, 0.3) is 0 Å². The van der Waals surface area contributed by atoms with Gasteiger partial charge in [0.05, 0.1) is 16.3 Å². The number of hydrogen-bond donors (Lipinski definition) is 2. The molecule has 1 aromatic carbocycles. The zero-order chi connectivity index (χ0) is 21.8. The van der Waals surface area contributed by atoms with E-state index < -0.39 is 23.8 Å². The Balaban J connectivity index is 1.61. The van der Waals surface area contributed by atoms with Gasteiger partial charge in [-0.1, -0.05) is 17.8 Å². The fourth-order valence-electron chi connectivity index (χ4n) is 3.58. The molecule has 0 unspecified atom stereocenters. The second-order valence-corrected chi connectivity index (χ2v) is 8.14. The van der Waals surface area contributed by atoms with Crippen LogP contribution in [0.15, 0.2) is 47.4 Å². The number of anilines is 2. The highest BCUT2D eigenvalue weighted by Gasteiger charge is 2.51. The lowest BCUT2D eigenvalue weighted by atomic mass is 9.87. The number of nitriles is 1. The zero-order valence-corrected chi connectivity index (χ0v) is 16.4. The lowest BCUT2D eigenvalue weighted by Crippen LogP contribution is -2.34. The molecule has 11 heteroatoms. The van der Waals surface area contributed by atoms with Crippen LogP contribution < -0.4 is 11.1 Å². The predicted molar refractivity (Wildman–Crippen MR) is 110 cm³/mol. The van der Waals surface area contributed by atoms with E-state index in [2.05, 4.69) is 25.3 Å². The van der Waals surface area contributed by atoms with Gasteiger partial charge in [0, 0.05) is 23.5 Å². The summed E-state index contributed by atoms with van der Waals surface area (Å²) >= 11 is 1.24. The van der Waals surface area contributed by atoms with Crippen LogP contribution in [-0.2, 0) is 5.54 Å². The highest BCUT2D eigenvalue weighted by Crippen LogP contribution is 2.53. The van der Waals surface area contributed by atoms with Gasteiger partial charge in [0.2, 0.25) is 0 Å². The Bertz CT molecular complexity index is 1350. The first-order valence-electron chi connectivity index (χ1n) is 9.02. The summed E-state index contributed by atoms with van der Waals surface area (Å²) < 4.78 is 43.6. The van der Waals surface area contributed by atoms with Crippen molar-refractivity contribution in [2.45, 2.75) is 10.8 Å². The zero-order valence-electron chi connectivity index (χ0n) is 15.6. The molecule has 2 atom stereocenters. The van der Waals surface area contributed by atoms with Gasteiger partial charge in [0.1, 0.15) is 30.1 Å². The molecule has 0 saturated carbocycles. The van der Waals surface area contributed by atoms with E-state index in [-0.39, 0.29) is 27.5 Å². The summed E-state index contributed by atoms with van der Waals surface area (Å²) in [5, 5.41) is 11.8.